The van der Waals surface area contributed by atoms with Crippen LogP contribution in [0.5, 0.6) is 5.75 Å². The Morgan fingerprint density at radius 3 is 2.39 bits per heavy atom. The van der Waals surface area contributed by atoms with Crippen LogP contribution in [0.25, 0.3) is 0 Å². The van der Waals surface area contributed by atoms with Crippen molar-refractivity contribution < 1.29 is 28.6 Å². The van der Waals surface area contributed by atoms with Gasteiger partial charge in [-0.2, -0.15) is 0 Å². The fourth-order valence-corrected chi connectivity index (χ4v) is 3.44. The molecule has 172 valence electrons. The summed E-state index contributed by atoms with van der Waals surface area (Å²) >= 11 is 0. The number of aromatic amines is 1. The first-order valence-electron chi connectivity index (χ1n) is 10.4. The molecule has 3 aromatic rings. The van der Waals surface area contributed by atoms with Gasteiger partial charge in [0, 0.05) is 23.0 Å². The normalized spacial score (nSPS) is 11.4. The second kappa shape index (κ2) is 10.5. The number of carbonyl (C=O) groups is 3. The fourth-order valence-electron chi connectivity index (χ4n) is 3.44. The molecule has 2 aromatic carbocycles. The summed E-state index contributed by atoms with van der Waals surface area (Å²) in [7, 11) is 1.53. The summed E-state index contributed by atoms with van der Waals surface area (Å²) in [5, 5.41) is 2.76. The molecule has 2 N–H and O–H groups in total. The van der Waals surface area contributed by atoms with E-state index in [1.165, 1.54) is 7.11 Å². The van der Waals surface area contributed by atoms with E-state index in [1.54, 1.807) is 75.4 Å². The minimum absolute atomic E-state index is 0.0886. The van der Waals surface area contributed by atoms with Crippen LogP contribution >= 0.6 is 0 Å². The van der Waals surface area contributed by atoms with Crippen molar-refractivity contribution in [3.8, 4) is 5.75 Å². The van der Waals surface area contributed by atoms with Gasteiger partial charge in [0.15, 0.2) is 0 Å². The Balaban J connectivity index is 1.88. The fraction of sp³-hybridized carbons (Fsp3) is 0.240. The van der Waals surface area contributed by atoms with Gasteiger partial charge in [-0.25, -0.2) is 9.59 Å². The first kappa shape index (κ1) is 23.6. The third-order valence-electron chi connectivity index (χ3n) is 5.02. The van der Waals surface area contributed by atoms with Crippen LogP contribution in [-0.4, -0.2) is 36.5 Å². The number of hydrogen-bond donors (Lipinski definition) is 2. The lowest BCUT2D eigenvalue weighted by molar-refractivity contribution is -0.125. The number of amides is 1. The summed E-state index contributed by atoms with van der Waals surface area (Å²) < 4.78 is 15.9. The average molecular weight is 450 g/mol. The van der Waals surface area contributed by atoms with E-state index in [9.17, 15) is 14.4 Å². The van der Waals surface area contributed by atoms with Gasteiger partial charge < -0.3 is 24.5 Å². The lowest BCUT2D eigenvalue weighted by Crippen LogP contribution is -2.26. The van der Waals surface area contributed by atoms with Crippen molar-refractivity contribution in [1.82, 2.24) is 4.98 Å². The molecule has 0 saturated heterocycles. The summed E-state index contributed by atoms with van der Waals surface area (Å²) in [4.78, 5) is 41.3. The molecular formula is C25H26N2O6. The Kier molecular flexibility index (Phi) is 7.50. The number of benzene rings is 2. The molecule has 0 radical (unpaired) electrons. The van der Waals surface area contributed by atoms with Crippen LogP contribution in [0.2, 0.25) is 0 Å². The average Bonchev–Trinajstić information content (AvgIpc) is 3.12. The van der Waals surface area contributed by atoms with E-state index in [2.05, 4.69) is 10.3 Å². The van der Waals surface area contributed by atoms with Crippen molar-refractivity contribution in [2.75, 3.05) is 19.0 Å². The third-order valence-corrected chi connectivity index (χ3v) is 5.02. The predicted molar refractivity (Wildman–Crippen MR) is 122 cm³/mol. The zero-order valence-electron chi connectivity index (χ0n) is 18.9. The smallest absolute Gasteiger partial charge is 0.356 e. The van der Waals surface area contributed by atoms with Gasteiger partial charge in [0.05, 0.1) is 19.3 Å². The Morgan fingerprint density at radius 1 is 1.00 bits per heavy atom. The first-order valence-corrected chi connectivity index (χ1v) is 10.4. The van der Waals surface area contributed by atoms with Crippen LogP contribution in [0.4, 0.5) is 5.69 Å². The number of hydrogen-bond acceptors (Lipinski definition) is 6. The molecule has 1 aromatic heterocycles. The lowest BCUT2D eigenvalue weighted by atomic mass is 10.1. The number of esters is 2. The summed E-state index contributed by atoms with van der Waals surface area (Å²) in [5.74, 6) is -1.25. The molecule has 1 heterocycles. The van der Waals surface area contributed by atoms with Crippen LogP contribution in [-0.2, 0) is 14.3 Å². The molecule has 8 nitrogen and oxygen atoms in total. The molecule has 0 aliphatic carbocycles. The Labute approximate surface area is 191 Å². The zero-order chi connectivity index (χ0) is 24.0. The number of carbonyl (C=O) groups excluding carboxylic acids is 3. The van der Waals surface area contributed by atoms with Crippen molar-refractivity contribution in [3.63, 3.8) is 0 Å². The van der Waals surface area contributed by atoms with Crippen LogP contribution in [0.15, 0.2) is 54.6 Å². The summed E-state index contributed by atoms with van der Waals surface area (Å²) in [6.45, 7) is 5.21. The summed E-state index contributed by atoms with van der Waals surface area (Å²) in [6, 6.07) is 15.5. The topological polar surface area (TPSA) is 107 Å². The molecule has 33 heavy (non-hydrogen) atoms. The number of aryl methyl sites for hydroxylation is 1. The third kappa shape index (κ3) is 5.41. The molecule has 8 heteroatoms. The van der Waals surface area contributed by atoms with E-state index in [0.29, 0.717) is 28.3 Å². The maximum absolute atomic E-state index is 13.1. The highest BCUT2D eigenvalue weighted by Gasteiger charge is 2.29. The second-order valence-electron chi connectivity index (χ2n) is 7.26. The molecule has 3 rings (SSSR count). The van der Waals surface area contributed by atoms with E-state index in [0.717, 1.165) is 0 Å². The lowest BCUT2D eigenvalue weighted by Gasteiger charge is -2.18. The highest BCUT2D eigenvalue weighted by atomic mass is 16.5. The molecule has 1 atom stereocenters. The standard InChI is InChI=1S/C25H26N2O6/c1-5-32-24(29)20-15(2)21(26-16(20)3)25(30)33-22(17-10-7-6-8-11-17)23(28)27-18-12-9-13-19(14-18)31-4/h6-14,22,26H,5H2,1-4H3,(H,27,28). The number of aromatic nitrogens is 1. The molecule has 0 fully saturated rings. The number of H-pyrrole nitrogens is 1. The van der Waals surface area contributed by atoms with Crippen LogP contribution in [0, 0.1) is 13.8 Å². The zero-order valence-corrected chi connectivity index (χ0v) is 18.9. The van der Waals surface area contributed by atoms with Crippen molar-refractivity contribution in [1.29, 1.82) is 0 Å². The summed E-state index contributed by atoms with van der Waals surface area (Å²) in [5.41, 5.74) is 2.24. The molecule has 0 spiro atoms. The second-order valence-corrected chi connectivity index (χ2v) is 7.26. The van der Waals surface area contributed by atoms with Gasteiger partial charge in [0.25, 0.3) is 5.91 Å². The number of anilines is 1. The molecular weight excluding hydrogens is 424 g/mol. The van der Waals surface area contributed by atoms with Gasteiger partial charge >= 0.3 is 11.9 Å². The van der Waals surface area contributed by atoms with Crippen LogP contribution in [0.3, 0.4) is 0 Å². The van der Waals surface area contributed by atoms with Gasteiger partial charge in [0.1, 0.15) is 11.4 Å². The van der Waals surface area contributed by atoms with E-state index in [4.69, 9.17) is 14.2 Å². The highest BCUT2D eigenvalue weighted by Crippen LogP contribution is 2.26. The minimum atomic E-state index is -1.22. The Morgan fingerprint density at radius 2 is 1.73 bits per heavy atom. The number of ether oxygens (including phenoxy) is 3. The Hall–Kier alpha value is -4.07. The molecule has 0 bridgehead atoms. The maximum atomic E-state index is 13.1. The highest BCUT2D eigenvalue weighted by molar-refractivity contribution is 6.01. The first-order chi connectivity index (χ1) is 15.8. The van der Waals surface area contributed by atoms with Gasteiger partial charge in [-0.05, 0) is 38.5 Å². The summed E-state index contributed by atoms with van der Waals surface area (Å²) in [6.07, 6.45) is -1.22. The van der Waals surface area contributed by atoms with E-state index < -0.39 is 23.9 Å². The van der Waals surface area contributed by atoms with Crippen molar-refractivity contribution >= 4 is 23.5 Å². The monoisotopic (exact) mass is 450 g/mol. The maximum Gasteiger partial charge on any atom is 0.356 e. The minimum Gasteiger partial charge on any atom is -0.497 e. The molecule has 0 saturated carbocycles. The van der Waals surface area contributed by atoms with E-state index in [-0.39, 0.29) is 17.9 Å². The van der Waals surface area contributed by atoms with Crippen molar-refractivity contribution in [2.24, 2.45) is 0 Å². The molecule has 0 aliphatic heterocycles. The van der Waals surface area contributed by atoms with Crippen LogP contribution < -0.4 is 10.1 Å². The van der Waals surface area contributed by atoms with Gasteiger partial charge in [-0.3, -0.25) is 4.79 Å². The molecule has 0 aliphatic rings. The van der Waals surface area contributed by atoms with Crippen LogP contribution in [0.1, 0.15) is 50.7 Å². The molecule has 1 amide bonds. The number of rotatable bonds is 8. The predicted octanol–water partition coefficient (Wildman–Crippen LogP) is 4.35. The van der Waals surface area contributed by atoms with Gasteiger partial charge in [-0.15, -0.1) is 0 Å². The SMILES string of the molecule is CCOC(=O)c1c(C)[nH]c(C(=O)OC(C(=O)Nc2cccc(OC)c2)c2ccccc2)c1C. The quantitative estimate of drug-likeness (QED) is 0.494. The van der Waals surface area contributed by atoms with E-state index >= 15 is 0 Å². The Bertz CT molecular complexity index is 1150. The van der Waals surface area contributed by atoms with E-state index in [1.807, 2.05) is 0 Å². The number of methoxy groups -OCH3 is 1. The van der Waals surface area contributed by atoms with Gasteiger partial charge in [0.2, 0.25) is 6.10 Å². The molecule has 1 unspecified atom stereocenters. The van der Waals surface area contributed by atoms with Crippen molar-refractivity contribution in [3.05, 3.63) is 82.7 Å². The number of nitrogens with one attached hydrogen (secondary N) is 2. The largest absolute Gasteiger partial charge is 0.497 e. The van der Waals surface area contributed by atoms with Crippen molar-refractivity contribution in [2.45, 2.75) is 26.9 Å². The van der Waals surface area contributed by atoms with Gasteiger partial charge in [-0.1, -0.05) is 36.4 Å².